The van der Waals surface area contributed by atoms with Crippen molar-refractivity contribution in [2.45, 2.75) is 38.6 Å². The lowest BCUT2D eigenvalue weighted by molar-refractivity contribution is -0.121. The first-order chi connectivity index (χ1) is 15.1. The van der Waals surface area contributed by atoms with Crippen LogP contribution in [0.3, 0.4) is 0 Å². The molecule has 7 heteroatoms. The first-order valence-electron chi connectivity index (χ1n) is 10.9. The molecule has 7 nitrogen and oxygen atoms in total. The van der Waals surface area contributed by atoms with Crippen LogP contribution in [-0.4, -0.2) is 44.2 Å². The Morgan fingerprint density at radius 1 is 1.00 bits per heavy atom. The van der Waals surface area contributed by atoms with Gasteiger partial charge in [-0.2, -0.15) is 0 Å². The Morgan fingerprint density at radius 2 is 1.77 bits per heavy atom. The Morgan fingerprint density at radius 3 is 2.58 bits per heavy atom. The molecule has 1 atom stereocenters. The van der Waals surface area contributed by atoms with Gasteiger partial charge in [0.05, 0.1) is 6.42 Å². The minimum atomic E-state index is -0.272. The fraction of sp³-hybridized carbons (Fsp3) is 0.417. The molecule has 0 aromatic heterocycles. The van der Waals surface area contributed by atoms with Gasteiger partial charge in [0.2, 0.25) is 11.8 Å². The summed E-state index contributed by atoms with van der Waals surface area (Å²) < 4.78 is 11.1. The van der Waals surface area contributed by atoms with E-state index in [0.29, 0.717) is 24.7 Å². The van der Waals surface area contributed by atoms with Crippen LogP contribution in [0.5, 0.6) is 11.5 Å². The van der Waals surface area contributed by atoms with Crippen molar-refractivity contribution >= 4 is 23.2 Å². The summed E-state index contributed by atoms with van der Waals surface area (Å²) in [6.07, 6.45) is 2.85. The normalized spacial score (nSPS) is 16.0. The Labute approximate surface area is 182 Å². The van der Waals surface area contributed by atoms with Crippen LogP contribution in [-0.2, 0) is 16.0 Å². The van der Waals surface area contributed by atoms with E-state index in [1.807, 2.05) is 43.3 Å². The van der Waals surface area contributed by atoms with Crippen LogP contribution >= 0.6 is 0 Å². The standard InChI is InChI=1S/C24H29N3O4/c1-17(25-24(29)15-18-7-8-21-22(14-18)31-12-11-30-21)13-23(28)26-19-5-4-6-20(16-19)27-9-2-3-10-27/h4-8,14,16-17H,2-3,9-13,15H2,1H3,(H,25,29)(H,26,28). The maximum Gasteiger partial charge on any atom is 0.226 e. The minimum Gasteiger partial charge on any atom is -0.486 e. The summed E-state index contributed by atoms with van der Waals surface area (Å²) in [5.74, 6) is 1.12. The molecule has 0 saturated carbocycles. The zero-order valence-electron chi connectivity index (χ0n) is 17.9. The van der Waals surface area contributed by atoms with Gasteiger partial charge in [0.15, 0.2) is 11.5 Å². The maximum atomic E-state index is 12.4. The summed E-state index contributed by atoms with van der Waals surface area (Å²) in [5.41, 5.74) is 2.76. The lowest BCUT2D eigenvalue weighted by Crippen LogP contribution is -2.36. The van der Waals surface area contributed by atoms with Crippen molar-refractivity contribution in [3.63, 3.8) is 0 Å². The predicted octanol–water partition coefficient (Wildman–Crippen LogP) is 3.13. The second-order valence-electron chi connectivity index (χ2n) is 8.12. The number of hydrogen-bond donors (Lipinski definition) is 2. The first kappa shape index (κ1) is 21.0. The molecule has 2 aromatic rings. The molecule has 0 bridgehead atoms. The number of rotatable bonds is 7. The van der Waals surface area contributed by atoms with Crippen LogP contribution in [0.2, 0.25) is 0 Å². The largest absolute Gasteiger partial charge is 0.486 e. The van der Waals surface area contributed by atoms with E-state index < -0.39 is 0 Å². The molecule has 0 aliphatic carbocycles. The summed E-state index contributed by atoms with van der Waals surface area (Å²) in [7, 11) is 0. The average molecular weight is 424 g/mol. The highest BCUT2D eigenvalue weighted by molar-refractivity contribution is 5.92. The Kier molecular flexibility index (Phi) is 6.60. The fourth-order valence-corrected chi connectivity index (χ4v) is 4.01. The van der Waals surface area contributed by atoms with Crippen molar-refractivity contribution in [3.05, 3.63) is 48.0 Å². The Bertz CT molecular complexity index is 940. The third-order valence-corrected chi connectivity index (χ3v) is 5.47. The smallest absolute Gasteiger partial charge is 0.226 e. The summed E-state index contributed by atoms with van der Waals surface area (Å²) in [6.45, 7) is 5.00. The summed E-state index contributed by atoms with van der Waals surface area (Å²) in [5, 5.41) is 5.85. The number of nitrogens with one attached hydrogen (secondary N) is 2. The SMILES string of the molecule is CC(CC(=O)Nc1cccc(N2CCCC2)c1)NC(=O)Cc1ccc2c(c1)OCCO2. The first-order valence-corrected chi connectivity index (χ1v) is 10.9. The molecule has 2 heterocycles. The van der Waals surface area contributed by atoms with E-state index in [1.165, 1.54) is 12.8 Å². The van der Waals surface area contributed by atoms with Gasteiger partial charge >= 0.3 is 0 Å². The van der Waals surface area contributed by atoms with E-state index in [-0.39, 0.29) is 30.7 Å². The number of nitrogens with zero attached hydrogens (tertiary/aromatic N) is 1. The van der Waals surface area contributed by atoms with Crippen LogP contribution < -0.4 is 25.0 Å². The van der Waals surface area contributed by atoms with E-state index >= 15 is 0 Å². The van der Waals surface area contributed by atoms with Gasteiger partial charge in [0.25, 0.3) is 0 Å². The van der Waals surface area contributed by atoms with Crippen LogP contribution in [0.1, 0.15) is 31.7 Å². The van der Waals surface area contributed by atoms with Gasteiger partial charge in [-0.1, -0.05) is 12.1 Å². The lowest BCUT2D eigenvalue weighted by atomic mass is 10.1. The fourth-order valence-electron chi connectivity index (χ4n) is 4.01. The van der Waals surface area contributed by atoms with Gasteiger partial charge in [0.1, 0.15) is 13.2 Å². The average Bonchev–Trinajstić information content (AvgIpc) is 3.28. The van der Waals surface area contributed by atoms with Gasteiger partial charge in [-0.25, -0.2) is 0 Å². The third-order valence-electron chi connectivity index (χ3n) is 5.47. The molecule has 2 aliphatic heterocycles. The minimum absolute atomic E-state index is 0.120. The quantitative estimate of drug-likeness (QED) is 0.715. The van der Waals surface area contributed by atoms with E-state index in [2.05, 4.69) is 21.6 Å². The summed E-state index contributed by atoms with van der Waals surface area (Å²) in [6, 6.07) is 13.2. The topological polar surface area (TPSA) is 79.9 Å². The van der Waals surface area contributed by atoms with E-state index in [4.69, 9.17) is 9.47 Å². The van der Waals surface area contributed by atoms with Crippen LogP contribution in [0.15, 0.2) is 42.5 Å². The molecule has 4 rings (SSSR count). The van der Waals surface area contributed by atoms with Gasteiger partial charge in [0, 0.05) is 36.9 Å². The van der Waals surface area contributed by atoms with Crippen molar-refractivity contribution in [2.24, 2.45) is 0 Å². The summed E-state index contributed by atoms with van der Waals surface area (Å²) in [4.78, 5) is 27.2. The highest BCUT2D eigenvalue weighted by Gasteiger charge is 2.16. The number of hydrogen-bond acceptors (Lipinski definition) is 5. The zero-order chi connectivity index (χ0) is 21.6. The molecule has 2 N–H and O–H groups in total. The number of carbonyl (C=O) groups excluding carboxylic acids is 2. The lowest BCUT2D eigenvalue weighted by Gasteiger charge is -2.19. The van der Waals surface area contributed by atoms with E-state index in [0.717, 1.165) is 30.0 Å². The zero-order valence-corrected chi connectivity index (χ0v) is 17.9. The molecule has 164 valence electrons. The second kappa shape index (κ2) is 9.73. The number of amides is 2. The highest BCUT2D eigenvalue weighted by Crippen LogP contribution is 2.30. The molecule has 0 spiro atoms. The molecule has 31 heavy (non-hydrogen) atoms. The van der Waals surface area contributed by atoms with Crippen LogP contribution in [0.25, 0.3) is 0 Å². The van der Waals surface area contributed by atoms with Crippen LogP contribution in [0.4, 0.5) is 11.4 Å². The molecule has 1 saturated heterocycles. The number of carbonyl (C=O) groups is 2. The van der Waals surface area contributed by atoms with Crippen molar-refractivity contribution in [1.82, 2.24) is 5.32 Å². The number of benzene rings is 2. The van der Waals surface area contributed by atoms with Crippen molar-refractivity contribution in [1.29, 1.82) is 0 Å². The molecule has 2 amide bonds. The molecule has 2 aromatic carbocycles. The van der Waals surface area contributed by atoms with Crippen molar-refractivity contribution in [3.8, 4) is 11.5 Å². The Balaban J connectivity index is 1.25. The van der Waals surface area contributed by atoms with E-state index in [9.17, 15) is 9.59 Å². The van der Waals surface area contributed by atoms with E-state index in [1.54, 1.807) is 0 Å². The number of anilines is 2. The molecule has 2 aliphatic rings. The molecule has 1 unspecified atom stereocenters. The van der Waals surface area contributed by atoms with Gasteiger partial charge < -0.3 is 25.0 Å². The molecule has 1 fully saturated rings. The highest BCUT2D eigenvalue weighted by atomic mass is 16.6. The molecule has 0 radical (unpaired) electrons. The summed E-state index contributed by atoms with van der Waals surface area (Å²) >= 11 is 0. The van der Waals surface area contributed by atoms with Crippen LogP contribution in [0, 0.1) is 0 Å². The van der Waals surface area contributed by atoms with Crippen molar-refractivity contribution < 1.29 is 19.1 Å². The monoisotopic (exact) mass is 423 g/mol. The molecular weight excluding hydrogens is 394 g/mol. The Hall–Kier alpha value is -3.22. The second-order valence-corrected chi connectivity index (χ2v) is 8.12. The van der Waals surface area contributed by atoms with Gasteiger partial charge in [-0.05, 0) is 55.7 Å². The number of ether oxygens (including phenoxy) is 2. The third kappa shape index (κ3) is 5.69. The number of fused-ring (bicyclic) bond motifs is 1. The van der Waals surface area contributed by atoms with Crippen molar-refractivity contribution in [2.75, 3.05) is 36.5 Å². The maximum absolute atomic E-state index is 12.4. The van der Waals surface area contributed by atoms with Gasteiger partial charge in [-0.3, -0.25) is 9.59 Å². The molecular formula is C24H29N3O4. The van der Waals surface area contributed by atoms with Gasteiger partial charge in [-0.15, -0.1) is 0 Å². The predicted molar refractivity (Wildman–Crippen MR) is 120 cm³/mol.